The molecular weight excluding hydrogens is 627 g/mol. The van der Waals surface area contributed by atoms with E-state index in [1.807, 2.05) is 46.9 Å². The molecule has 1 aliphatic heterocycles. The molecule has 0 spiro atoms. The second-order valence-corrected chi connectivity index (χ2v) is 10.00. The lowest BCUT2D eigenvalue weighted by molar-refractivity contribution is -0.394. The third kappa shape index (κ3) is 6.11. The molecule has 0 unspecified atom stereocenters. The Balaban J connectivity index is 1.61. The molecule has 1 fully saturated rings. The van der Waals surface area contributed by atoms with Gasteiger partial charge in [-0.3, -0.25) is 25.0 Å². The van der Waals surface area contributed by atoms with Gasteiger partial charge in [0.25, 0.3) is 11.6 Å². The quantitative estimate of drug-likeness (QED) is 0.129. The van der Waals surface area contributed by atoms with Gasteiger partial charge in [-0.15, -0.1) is 0 Å². The molecule has 0 atom stereocenters. The Labute approximate surface area is 234 Å². The number of rotatable bonds is 8. The maximum absolute atomic E-state index is 12.6. The third-order valence-electron chi connectivity index (χ3n) is 5.34. The van der Waals surface area contributed by atoms with Gasteiger partial charge < -0.3 is 14.8 Å². The zero-order valence-electron chi connectivity index (χ0n) is 20.0. The number of hydrogen-bond acceptors (Lipinski definition) is 9. The number of nitrogens with one attached hydrogen (secondary N) is 1. The lowest BCUT2D eigenvalue weighted by Gasteiger charge is -2.13. The van der Waals surface area contributed by atoms with E-state index in [2.05, 4.69) is 17.2 Å². The molecule has 3 aromatic rings. The SMILES string of the molecule is CCc1ccc(N=C2NC(=O)/C(=C\c3cc(I)c(Oc4ccc([N+](=O)[O-])cc4[N+](=O)[O-])c(OC)c3)S2)cc1. The number of carbonyl (C=O) groups excluding carboxylic acids is 1. The fraction of sp³-hybridized carbons (Fsp3) is 0.120. The molecule has 3 aromatic carbocycles. The van der Waals surface area contributed by atoms with Crippen molar-refractivity contribution in [3.05, 3.63) is 94.4 Å². The van der Waals surface area contributed by atoms with E-state index in [-0.39, 0.29) is 23.2 Å². The van der Waals surface area contributed by atoms with Crippen LogP contribution >= 0.6 is 34.4 Å². The van der Waals surface area contributed by atoms with Crippen molar-refractivity contribution in [1.82, 2.24) is 5.32 Å². The number of aryl methyl sites for hydroxylation is 1. The van der Waals surface area contributed by atoms with Gasteiger partial charge in [0, 0.05) is 6.07 Å². The highest BCUT2D eigenvalue weighted by atomic mass is 127. The molecule has 1 N–H and O–H groups in total. The number of ether oxygens (including phenoxy) is 2. The maximum atomic E-state index is 12.6. The molecule has 0 aromatic heterocycles. The average molecular weight is 646 g/mol. The fourth-order valence-electron chi connectivity index (χ4n) is 3.44. The lowest BCUT2D eigenvalue weighted by atomic mass is 10.1. The van der Waals surface area contributed by atoms with Crippen LogP contribution in [-0.4, -0.2) is 28.0 Å². The van der Waals surface area contributed by atoms with Crippen LogP contribution in [0.5, 0.6) is 17.2 Å². The molecule has 38 heavy (non-hydrogen) atoms. The van der Waals surface area contributed by atoms with E-state index in [1.165, 1.54) is 24.4 Å². The van der Waals surface area contributed by atoms with Crippen LogP contribution in [0, 0.1) is 23.8 Å². The van der Waals surface area contributed by atoms with E-state index >= 15 is 0 Å². The summed E-state index contributed by atoms with van der Waals surface area (Å²) in [6.45, 7) is 2.07. The Morgan fingerprint density at radius 1 is 1.05 bits per heavy atom. The first-order valence-electron chi connectivity index (χ1n) is 11.0. The highest BCUT2D eigenvalue weighted by Crippen LogP contribution is 2.42. The van der Waals surface area contributed by atoms with Crippen molar-refractivity contribution in [2.45, 2.75) is 13.3 Å². The number of amidine groups is 1. The van der Waals surface area contributed by atoms with Crippen molar-refractivity contribution < 1.29 is 24.1 Å². The summed E-state index contributed by atoms with van der Waals surface area (Å²) in [5.41, 5.74) is 1.56. The minimum absolute atomic E-state index is 0.179. The van der Waals surface area contributed by atoms with Gasteiger partial charge in [-0.1, -0.05) is 19.1 Å². The number of methoxy groups -OCH3 is 1. The first kappa shape index (κ1) is 27.1. The summed E-state index contributed by atoms with van der Waals surface area (Å²) >= 11 is 3.18. The first-order valence-corrected chi connectivity index (χ1v) is 12.9. The van der Waals surface area contributed by atoms with E-state index in [0.717, 1.165) is 30.3 Å². The molecule has 0 saturated carbocycles. The molecule has 0 bridgehead atoms. The number of nitrogens with zero attached hydrogens (tertiary/aromatic N) is 3. The van der Waals surface area contributed by atoms with Gasteiger partial charge in [0.15, 0.2) is 16.7 Å². The number of thioether (sulfide) groups is 1. The number of nitro benzene ring substituents is 2. The maximum Gasteiger partial charge on any atom is 0.318 e. The highest BCUT2D eigenvalue weighted by Gasteiger charge is 2.26. The number of benzene rings is 3. The summed E-state index contributed by atoms with van der Waals surface area (Å²) in [5.74, 6) is -0.0329. The zero-order chi connectivity index (χ0) is 27.4. The minimum atomic E-state index is -0.756. The second kappa shape index (κ2) is 11.6. The van der Waals surface area contributed by atoms with Gasteiger partial charge in [-0.05, 0) is 88.3 Å². The Hall–Kier alpha value is -3.98. The molecule has 194 valence electrons. The van der Waals surface area contributed by atoms with Crippen LogP contribution in [0.2, 0.25) is 0 Å². The molecule has 0 radical (unpaired) electrons. The molecule has 1 heterocycles. The van der Waals surface area contributed by atoms with E-state index < -0.39 is 21.2 Å². The van der Waals surface area contributed by atoms with Crippen LogP contribution in [0.15, 0.2) is 64.5 Å². The number of non-ortho nitro benzene ring substituents is 1. The topological polar surface area (TPSA) is 146 Å². The predicted molar refractivity (Wildman–Crippen MR) is 152 cm³/mol. The van der Waals surface area contributed by atoms with Gasteiger partial charge in [-0.25, -0.2) is 4.99 Å². The Kier molecular flexibility index (Phi) is 8.26. The summed E-state index contributed by atoms with van der Waals surface area (Å²) in [6.07, 6.45) is 2.59. The molecule has 1 aliphatic rings. The van der Waals surface area contributed by atoms with E-state index in [9.17, 15) is 25.0 Å². The van der Waals surface area contributed by atoms with E-state index in [4.69, 9.17) is 9.47 Å². The normalized spacial score (nSPS) is 15.0. The number of aliphatic imine (C=N–C) groups is 1. The Morgan fingerprint density at radius 2 is 1.79 bits per heavy atom. The monoisotopic (exact) mass is 646 g/mol. The molecular formula is C25H19IN4O7S. The van der Waals surface area contributed by atoms with Crippen molar-refractivity contribution >= 4 is 68.6 Å². The minimum Gasteiger partial charge on any atom is -0.493 e. The van der Waals surface area contributed by atoms with Crippen LogP contribution in [-0.2, 0) is 11.2 Å². The van der Waals surface area contributed by atoms with Gasteiger partial charge >= 0.3 is 5.69 Å². The number of carbonyl (C=O) groups is 1. The summed E-state index contributed by atoms with van der Waals surface area (Å²) in [4.78, 5) is 38.5. The van der Waals surface area contributed by atoms with Crippen LogP contribution in [0.4, 0.5) is 17.1 Å². The number of halogens is 1. The van der Waals surface area contributed by atoms with Crippen molar-refractivity contribution in [3.8, 4) is 17.2 Å². The number of hydrogen-bond donors (Lipinski definition) is 1. The van der Waals surface area contributed by atoms with Crippen LogP contribution in [0.1, 0.15) is 18.1 Å². The highest BCUT2D eigenvalue weighted by molar-refractivity contribution is 14.1. The summed E-state index contributed by atoms with van der Waals surface area (Å²) in [5, 5.41) is 25.7. The smallest absolute Gasteiger partial charge is 0.318 e. The standard InChI is InChI=1S/C25H19IN4O7S/c1-3-14-4-6-16(7-5-14)27-25-28-24(31)22(38-25)12-15-10-18(26)23(21(11-15)36-2)37-20-9-8-17(29(32)33)13-19(20)30(34)35/h4-13H,3H2,1-2H3,(H,27,28,31)/b22-12+. The fourth-order valence-corrected chi connectivity index (χ4v) is 5.01. The molecule has 1 saturated heterocycles. The predicted octanol–water partition coefficient (Wildman–Crippen LogP) is 6.36. The van der Waals surface area contributed by atoms with Crippen molar-refractivity contribution in [2.24, 2.45) is 4.99 Å². The van der Waals surface area contributed by atoms with Gasteiger partial charge in [0.05, 0.1) is 37.2 Å². The van der Waals surface area contributed by atoms with Crippen molar-refractivity contribution in [2.75, 3.05) is 7.11 Å². The lowest BCUT2D eigenvalue weighted by Crippen LogP contribution is -2.19. The molecule has 11 nitrogen and oxygen atoms in total. The number of nitro groups is 2. The zero-order valence-corrected chi connectivity index (χ0v) is 22.9. The van der Waals surface area contributed by atoms with E-state index in [0.29, 0.717) is 19.2 Å². The van der Waals surface area contributed by atoms with Crippen LogP contribution < -0.4 is 14.8 Å². The third-order valence-corrected chi connectivity index (χ3v) is 7.05. The first-order chi connectivity index (χ1) is 18.2. The van der Waals surface area contributed by atoms with E-state index in [1.54, 1.807) is 18.2 Å². The van der Waals surface area contributed by atoms with Gasteiger partial charge in [-0.2, -0.15) is 0 Å². The van der Waals surface area contributed by atoms with Crippen LogP contribution in [0.3, 0.4) is 0 Å². The largest absolute Gasteiger partial charge is 0.493 e. The summed E-state index contributed by atoms with van der Waals surface area (Å²) in [6, 6.07) is 14.2. The molecule has 13 heteroatoms. The molecule has 4 rings (SSSR count). The van der Waals surface area contributed by atoms with Crippen molar-refractivity contribution in [3.63, 3.8) is 0 Å². The Morgan fingerprint density at radius 3 is 2.42 bits per heavy atom. The molecule has 0 aliphatic carbocycles. The van der Waals surface area contributed by atoms with Gasteiger partial charge in [0.1, 0.15) is 0 Å². The molecule has 1 amide bonds. The van der Waals surface area contributed by atoms with Gasteiger partial charge in [0.2, 0.25) is 5.75 Å². The van der Waals surface area contributed by atoms with Crippen molar-refractivity contribution in [1.29, 1.82) is 0 Å². The van der Waals surface area contributed by atoms with Crippen LogP contribution in [0.25, 0.3) is 6.08 Å². The summed E-state index contributed by atoms with van der Waals surface area (Å²) in [7, 11) is 1.41. The second-order valence-electron chi connectivity index (χ2n) is 7.80. The number of amides is 1. The Bertz CT molecular complexity index is 1510. The average Bonchev–Trinajstić information content (AvgIpc) is 3.23. The summed E-state index contributed by atoms with van der Waals surface area (Å²) < 4.78 is 11.8.